The molecule has 0 unspecified atom stereocenters. The SMILES string of the molecule is COc1ccccc1OCCOc1c(Cl)cc(Cl)cc1C=C(C#N)C(=O)Nc1cccc(C)c1. The first kappa shape index (κ1) is 25.0. The molecule has 3 aromatic carbocycles. The number of benzene rings is 3. The van der Waals surface area contributed by atoms with Crippen molar-refractivity contribution in [2.45, 2.75) is 6.92 Å². The van der Waals surface area contributed by atoms with E-state index >= 15 is 0 Å². The predicted molar refractivity (Wildman–Crippen MR) is 134 cm³/mol. The van der Waals surface area contributed by atoms with E-state index in [-0.39, 0.29) is 29.6 Å². The molecule has 8 heteroatoms. The van der Waals surface area contributed by atoms with Crippen molar-refractivity contribution in [3.05, 3.63) is 87.4 Å². The number of nitrogens with one attached hydrogen (secondary N) is 1. The Kier molecular flexibility index (Phi) is 8.80. The Labute approximate surface area is 208 Å². The molecule has 0 saturated heterocycles. The van der Waals surface area contributed by atoms with Crippen LogP contribution < -0.4 is 19.5 Å². The van der Waals surface area contributed by atoms with Crippen molar-refractivity contribution in [3.63, 3.8) is 0 Å². The van der Waals surface area contributed by atoms with Crippen molar-refractivity contribution in [2.24, 2.45) is 0 Å². The highest BCUT2D eigenvalue weighted by atomic mass is 35.5. The fourth-order valence-electron chi connectivity index (χ4n) is 3.10. The van der Waals surface area contributed by atoms with Crippen LogP contribution in [0.1, 0.15) is 11.1 Å². The number of carbonyl (C=O) groups excluding carboxylic acids is 1. The first-order chi connectivity index (χ1) is 16.4. The number of amides is 1. The summed E-state index contributed by atoms with van der Waals surface area (Å²) < 4.78 is 16.8. The lowest BCUT2D eigenvalue weighted by Crippen LogP contribution is -2.14. The molecule has 0 atom stereocenters. The third-order valence-electron chi connectivity index (χ3n) is 4.63. The molecule has 1 N–H and O–H groups in total. The Balaban J connectivity index is 1.76. The van der Waals surface area contributed by atoms with Crippen molar-refractivity contribution in [3.8, 4) is 23.3 Å². The fourth-order valence-corrected chi connectivity index (χ4v) is 3.66. The van der Waals surface area contributed by atoms with Crippen LogP contribution in [-0.4, -0.2) is 26.2 Å². The van der Waals surface area contributed by atoms with Crippen LogP contribution >= 0.6 is 23.2 Å². The van der Waals surface area contributed by atoms with Gasteiger partial charge in [0, 0.05) is 16.3 Å². The van der Waals surface area contributed by atoms with Crippen molar-refractivity contribution in [2.75, 3.05) is 25.6 Å². The Bertz CT molecular complexity index is 1250. The normalized spacial score (nSPS) is 10.9. The van der Waals surface area contributed by atoms with Crippen LogP contribution in [0, 0.1) is 18.3 Å². The van der Waals surface area contributed by atoms with Gasteiger partial charge in [-0.15, -0.1) is 0 Å². The quantitative estimate of drug-likeness (QED) is 0.213. The molecule has 0 fully saturated rings. The summed E-state index contributed by atoms with van der Waals surface area (Å²) in [5.74, 6) is 0.907. The van der Waals surface area contributed by atoms with E-state index in [4.69, 9.17) is 37.4 Å². The van der Waals surface area contributed by atoms with Gasteiger partial charge in [-0.2, -0.15) is 5.26 Å². The largest absolute Gasteiger partial charge is 0.493 e. The number of nitrogens with zero attached hydrogens (tertiary/aromatic N) is 1. The first-order valence-corrected chi connectivity index (χ1v) is 11.0. The number of nitriles is 1. The predicted octanol–water partition coefficient (Wildman–Crippen LogP) is 6.31. The van der Waals surface area contributed by atoms with Gasteiger partial charge in [-0.05, 0) is 55.0 Å². The molecule has 0 aliphatic carbocycles. The van der Waals surface area contributed by atoms with Gasteiger partial charge in [0.05, 0.1) is 12.1 Å². The zero-order chi connectivity index (χ0) is 24.5. The summed E-state index contributed by atoms with van der Waals surface area (Å²) in [6.45, 7) is 2.27. The lowest BCUT2D eigenvalue weighted by molar-refractivity contribution is -0.112. The van der Waals surface area contributed by atoms with Gasteiger partial charge in [-0.25, -0.2) is 0 Å². The van der Waals surface area contributed by atoms with Crippen LogP contribution in [0.2, 0.25) is 10.0 Å². The van der Waals surface area contributed by atoms with E-state index < -0.39 is 5.91 Å². The Morgan fingerprint density at radius 2 is 1.76 bits per heavy atom. The van der Waals surface area contributed by atoms with E-state index in [1.54, 1.807) is 37.4 Å². The maximum atomic E-state index is 12.7. The molecular weight excluding hydrogens is 475 g/mol. The number of hydrogen-bond donors (Lipinski definition) is 1. The second-order valence-corrected chi connectivity index (χ2v) is 7.99. The van der Waals surface area contributed by atoms with Gasteiger partial charge in [0.15, 0.2) is 11.5 Å². The van der Waals surface area contributed by atoms with Crippen molar-refractivity contribution in [1.29, 1.82) is 5.26 Å². The number of ether oxygens (including phenoxy) is 3. The molecule has 0 spiro atoms. The zero-order valence-electron chi connectivity index (χ0n) is 18.6. The molecule has 174 valence electrons. The standard InChI is InChI=1S/C26H22Cl2N2O4/c1-17-6-5-7-21(12-17)30-26(31)19(16-29)13-18-14-20(27)15-22(28)25(18)34-11-10-33-24-9-4-3-8-23(24)32-2/h3-9,12-15H,10-11H2,1-2H3,(H,30,31). The molecule has 1 amide bonds. The van der Waals surface area contributed by atoms with Crippen LogP contribution in [0.4, 0.5) is 5.69 Å². The van der Waals surface area contributed by atoms with Crippen LogP contribution in [0.15, 0.2) is 66.2 Å². The third kappa shape index (κ3) is 6.67. The minimum absolute atomic E-state index is 0.130. The molecule has 3 rings (SSSR count). The van der Waals surface area contributed by atoms with E-state index in [9.17, 15) is 10.1 Å². The number of methoxy groups -OCH3 is 1. The van der Waals surface area contributed by atoms with Gasteiger partial charge in [-0.1, -0.05) is 47.5 Å². The van der Waals surface area contributed by atoms with Crippen molar-refractivity contribution in [1.82, 2.24) is 0 Å². The average Bonchev–Trinajstić information content (AvgIpc) is 2.81. The zero-order valence-corrected chi connectivity index (χ0v) is 20.1. The number of halogens is 2. The summed E-state index contributed by atoms with van der Waals surface area (Å²) in [7, 11) is 1.56. The molecule has 0 saturated carbocycles. The van der Waals surface area contributed by atoms with Gasteiger partial charge >= 0.3 is 0 Å². The monoisotopic (exact) mass is 496 g/mol. The topological polar surface area (TPSA) is 80.6 Å². The Hall–Kier alpha value is -3.66. The molecule has 0 heterocycles. The number of para-hydroxylation sites is 2. The summed E-state index contributed by atoms with van der Waals surface area (Å²) in [5.41, 5.74) is 1.83. The Morgan fingerprint density at radius 1 is 1.03 bits per heavy atom. The third-order valence-corrected chi connectivity index (χ3v) is 5.13. The van der Waals surface area contributed by atoms with Crippen LogP contribution in [0.3, 0.4) is 0 Å². The number of aryl methyl sites for hydroxylation is 1. The van der Waals surface area contributed by atoms with Gasteiger partial charge in [-0.3, -0.25) is 4.79 Å². The summed E-state index contributed by atoms with van der Waals surface area (Å²) in [6, 6.07) is 19.5. The summed E-state index contributed by atoms with van der Waals surface area (Å²) in [6.07, 6.45) is 1.39. The maximum absolute atomic E-state index is 12.7. The molecule has 0 aromatic heterocycles. The van der Waals surface area contributed by atoms with Crippen LogP contribution in [0.5, 0.6) is 17.2 Å². The van der Waals surface area contributed by atoms with Crippen molar-refractivity contribution >= 4 is 40.9 Å². The van der Waals surface area contributed by atoms with E-state index in [2.05, 4.69) is 5.32 Å². The summed E-state index contributed by atoms with van der Waals surface area (Å²) in [5, 5.41) is 12.9. The summed E-state index contributed by atoms with van der Waals surface area (Å²) >= 11 is 12.5. The second-order valence-electron chi connectivity index (χ2n) is 7.15. The molecular formula is C26H22Cl2N2O4. The second kappa shape index (κ2) is 12.0. The molecule has 3 aromatic rings. The number of anilines is 1. The molecule has 0 aliphatic heterocycles. The van der Waals surface area contributed by atoms with E-state index in [0.717, 1.165) is 5.56 Å². The lowest BCUT2D eigenvalue weighted by atomic mass is 10.1. The maximum Gasteiger partial charge on any atom is 0.266 e. The summed E-state index contributed by atoms with van der Waals surface area (Å²) in [4.78, 5) is 12.7. The van der Waals surface area contributed by atoms with E-state index in [0.29, 0.717) is 27.8 Å². The number of carbonyl (C=O) groups is 1. The van der Waals surface area contributed by atoms with Gasteiger partial charge in [0.1, 0.15) is 30.6 Å². The van der Waals surface area contributed by atoms with Crippen molar-refractivity contribution < 1.29 is 19.0 Å². The van der Waals surface area contributed by atoms with Gasteiger partial charge in [0.25, 0.3) is 5.91 Å². The minimum Gasteiger partial charge on any atom is -0.493 e. The number of rotatable bonds is 9. The Morgan fingerprint density at radius 3 is 2.47 bits per heavy atom. The smallest absolute Gasteiger partial charge is 0.266 e. The molecule has 0 radical (unpaired) electrons. The molecule has 0 bridgehead atoms. The highest BCUT2D eigenvalue weighted by molar-refractivity contribution is 6.36. The molecule has 34 heavy (non-hydrogen) atoms. The average molecular weight is 497 g/mol. The van der Waals surface area contributed by atoms with Gasteiger partial charge in [0.2, 0.25) is 0 Å². The lowest BCUT2D eigenvalue weighted by Gasteiger charge is -2.14. The van der Waals surface area contributed by atoms with Crippen LogP contribution in [0.25, 0.3) is 6.08 Å². The highest BCUT2D eigenvalue weighted by Crippen LogP contribution is 2.34. The first-order valence-electron chi connectivity index (χ1n) is 10.3. The highest BCUT2D eigenvalue weighted by Gasteiger charge is 2.15. The number of hydrogen-bond acceptors (Lipinski definition) is 5. The molecule has 6 nitrogen and oxygen atoms in total. The van der Waals surface area contributed by atoms with Gasteiger partial charge < -0.3 is 19.5 Å². The van der Waals surface area contributed by atoms with E-state index in [1.165, 1.54) is 12.1 Å². The fraction of sp³-hybridized carbons (Fsp3) is 0.154. The molecule has 0 aliphatic rings. The van der Waals surface area contributed by atoms with Crippen LogP contribution in [-0.2, 0) is 4.79 Å². The minimum atomic E-state index is -0.561. The van der Waals surface area contributed by atoms with E-state index in [1.807, 2.05) is 37.3 Å².